The molecule has 0 aliphatic rings. The number of aliphatic hydroxyl groups excluding tert-OH is 2. The second-order valence-corrected chi connectivity index (χ2v) is 10.8. The fourth-order valence-electron chi connectivity index (χ4n) is 3.79. The summed E-state index contributed by atoms with van der Waals surface area (Å²) >= 11 is 0. The van der Waals surface area contributed by atoms with Crippen LogP contribution < -0.4 is 34.0 Å². The number of hydrogen-bond acceptors (Lipinski definition) is 9. The lowest BCUT2D eigenvalue weighted by atomic mass is 9.76. The molecule has 39 heavy (non-hydrogen) atoms. The van der Waals surface area contributed by atoms with Crippen molar-refractivity contribution in [3.05, 3.63) is 0 Å². The third-order valence-electron chi connectivity index (χ3n) is 5.75. The van der Waals surface area contributed by atoms with E-state index in [2.05, 4.69) is 15.3 Å². The number of phosphoric ester groups is 1. The molecule has 0 bridgehead atoms. The number of guanidine groups is 3. The maximum Gasteiger partial charge on any atom is 0.472 e. The SMILES string of the molecule is N=C(N)NCCCC(CCCN=C(N)N)(CCN=C(N)N)COCC(O)COP(=O)(O)OCCCCCCO. The highest BCUT2D eigenvalue weighted by Gasteiger charge is 2.30. The molecule has 0 saturated carbocycles. The lowest BCUT2D eigenvalue weighted by molar-refractivity contribution is -0.0335. The third-order valence-corrected chi connectivity index (χ3v) is 6.74. The van der Waals surface area contributed by atoms with Gasteiger partial charge in [-0.25, -0.2) is 4.57 Å². The van der Waals surface area contributed by atoms with E-state index in [1.807, 2.05) is 0 Å². The Morgan fingerprint density at radius 1 is 0.897 bits per heavy atom. The van der Waals surface area contributed by atoms with Gasteiger partial charge in [-0.15, -0.1) is 0 Å². The zero-order valence-corrected chi connectivity index (χ0v) is 23.7. The summed E-state index contributed by atoms with van der Waals surface area (Å²) < 4.78 is 27.7. The molecule has 0 aromatic carbocycles. The van der Waals surface area contributed by atoms with Gasteiger partial charge in [-0.05, 0) is 50.4 Å². The van der Waals surface area contributed by atoms with Gasteiger partial charge in [0.1, 0.15) is 6.10 Å². The minimum atomic E-state index is -4.31. The van der Waals surface area contributed by atoms with Crippen LogP contribution in [0.3, 0.4) is 0 Å². The topological polar surface area (TPSA) is 296 Å². The summed E-state index contributed by atoms with van der Waals surface area (Å²) in [6.45, 7) is 1.02. The first-order valence-corrected chi connectivity index (χ1v) is 14.6. The quantitative estimate of drug-likeness (QED) is 0.0268. The number of hydrogen-bond donors (Lipinski definition) is 10. The van der Waals surface area contributed by atoms with Crippen LogP contribution in [0.1, 0.15) is 57.8 Å². The molecule has 15 N–H and O–H groups in total. The second-order valence-electron chi connectivity index (χ2n) is 9.32. The lowest BCUT2D eigenvalue weighted by Crippen LogP contribution is -2.35. The molecule has 0 heterocycles. The largest absolute Gasteiger partial charge is 0.472 e. The summed E-state index contributed by atoms with van der Waals surface area (Å²) in [5, 5.41) is 29.1. The average molecular weight is 584 g/mol. The van der Waals surface area contributed by atoms with Crippen LogP contribution in [0.15, 0.2) is 9.98 Å². The molecule has 0 aliphatic heterocycles. The van der Waals surface area contributed by atoms with E-state index in [1.54, 1.807) is 0 Å². The number of ether oxygens (including phenoxy) is 1. The summed E-state index contributed by atoms with van der Waals surface area (Å²) in [6, 6.07) is 0. The van der Waals surface area contributed by atoms with Crippen molar-refractivity contribution in [2.24, 2.45) is 44.1 Å². The number of nitrogens with zero attached hydrogens (tertiary/aromatic N) is 2. The Labute approximate surface area is 230 Å². The van der Waals surface area contributed by atoms with Gasteiger partial charge in [0, 0.05) is 26.2 Å². The molecule has 0 rings (SSSR count). The predicted molar refractivity (Wildman–Crippen MR) is 151 cm³/mol. The van der Waals surface area contributed by atoms with Gasteiger partial charge in [0.15, 0.2) is 17.9 Å². The number of nitrogens with one attached hydrogen (secondary N) is 2. The van der Waals surface area contributed by atoms with Gasteiger partial charge in [-0.1, -0.05) is 12.8 Å². The van der Waals surface area contributed by atoms with Crippen molar-refractivity contribution in [1.82, 2.24) is 5.32 Å². The Morgan fingerprint density at radius 2 is 1.54 bits per heavy atom. The highest BCUT2D eigenvalue weighted by Crippen LogP contribution is 2.43. The molecule has 0 aromatic rings. The first-order valence-electron chi connectivity index (χ1n) is 13.1. The molecule has 3 atom stereocenters. The lowest BCUT2D eigenvalue weighted by Gasteiger charge is -2.34. The summed E-state index contributed by atoms with van der Waals surface area (Å²) in [5.74, 6) is -0.157. The van der Waals surface area contributed by atoms with Crippen molar-refractivity contribution in [2.75, 3.05) is 52.7 Å². The average Bonchev–Trinajstić information content (AvgIpc) is 2.85. The summed E-state index contributed by atoms with van der Waals surface area (Å²) in [5.41, 5.74) is 26.8. The van der Waals surface area contributed by atoms with E-state index in [4.69, 9.17) is 53.0 Å². The fraction of sp³-hybridized carbons (Fsp3) is 0.864. The molecule has 17 heteroatoms. The van der Waals surface area contributed by atoms with E-state index in [0.717, 1.165) is 12.8 Å². The van der Waals surface area contributed by atoms with Gasteiger partial charge >= 0.3 is 7.82 Å². The molecule has 16 nitrogen and oxygen atoms in total. The molecule has 0 aliphatic carbocycles. The van der Waals surface area contributed by atoms with Gasteiger partial charge in [0.25, 0.3) is 0 Å². The van der Waals surface area contributed by atoms with Gasteiger partial charge in [-0.3, -0.25) is 24.4 Å². The molecule has 0 amide bonds. The molecule has 0 spiro atoms. The fourth-order valence-corrected chi connectivity index (χ4v) is 4.58. The third kappa shape index (κ3) is 22.3. The highest BCUT2D eigenvalue weighted by atomic mass is 31.2. The molecular formula is C22H50N9O7P. The van der Waals surface area contributed by atoms with Crippen LogP contribution in [0.4, 0.5) is 0 Å². The van der Waals surface area contributed by atoms with Crippen LogP contribution in [0, 0.1) is 10.8 Å². The maximum atomic E-state index is 12.0. The normalized spacial score (nSPS) is 15.1. The van der Waals surface area contributed by atoms with Gasteiger partial charge in [-0.2, -0.15) is 0 Å². The number of nitrogens with two attached hydrogens (primary N) is 5. The van der Waals surface area contributed by atoms with E-state index < -0.39 is 25.9 Å². The molecule has 0 saturated heterocycles. The molecule has 230 valence electrons. The molecule has 0 radical (unpaired) electrons. The Hall–Kier alpha value is -2.20. The first-order chi connectivity index (χ1) is 18.4. The van der Waals surface area contributed by atoms with Crippen molar-refractivity contribution in [1.29, 1.82) is 5.41 Å². The smallest absolute Gasteiger partial charge is 0.396 e. The Kier molecular flexibility index (Phi) is 20.4. The molecular weight excluding hydrogens is 533 g/mol. The molecule has 0 fully saturated rings. The predicted octanol–water partition coefficient (Wildman–Crippen LogP) is -0.983. The standard InChI is InChI=1S/C22H50N9O7P/c23-19(24)29-10-5-7-22(9-12-31-21(27)28,8-6-11-30-20(25)26)17-36-15-18(33)16-38-39(34,35)37-14-4-2-1-3-13-32/h18,32-33H,1-17H2,(H,34,35)(H4,23,24,29)(H4,25,26,30)(H4,27,28,31). The van der Waals surface area contributed by atoms with E-state index >= 15 is 0 Å². The zero-order chi connectivity index (χ0) is 29.6. The van der Waals surface area contributed by atoms with Crippen molar-refractivity contribution < 1.29 is 33.5 Å². The van der Waals surface area contributed by atoms with E-state index in [1.165, 1.54) is 0 Å². The number of unbranched alkanes of at least 4 members (excludes halogenated alkanes) is 3. The molecule has 0 aromatic heterocycles. The van der Waals surface area contributed by atoms with Crippen LogP contribution in [-0.4, -0.2) is 91.8 Å². The molecule has 3 unspecified atom stereocenters. The van der Waals surface area contributed by atoms with Crippen LogP contribution >= 0.6 is 7.82 Å². The van der Waals surface area contributed by atoms with Crippen molar-refractivity contribution >= 4 is 25.7 Å². The van der Waals surface area contributed by atoms with E-state index in [-0.39, 0.29) is 44.3 Å². The van der Waals surface area contributed by atoms with E-state index in [0.29, 0.717) is 64.6 Å². The van der Waals surface area contributed by atoms with Crippen molar-refractivity contribution in [3.8, 4) is 0 Å². The first kappa shape index (κ1) is 36.8. The number of rotatable bonds is 25. The number of aliphatic hydroxyl groups is 2. The summed E-state index contributed by atoms with van der Waals surface area (Å²) in [6.07, 6.45) is 4.80. The maximum absolute atomic E-state index is 12.0. The summed E-state index contributed by atoms with van der Waals surface area (Å²) in [7, 11) is -4.31. The van der Waals surface area contributed by atoms with Crippen LogP contribution in [-0.2, 0) is 18.3 Å². The zero-order valence-electron chi connectivity index (χ0n) is 22.8. The van der Waals surface area contributed by atoms with E-state index in [9.17, 15) is 14.6 Å². The monoisotopic (exact) mass is 583 g/mol. The minimum absolute atomic E-state index is 0.00187. The van der Waals surface area contributed by atoms with Crippen LogP contribution in [0.25, 0.3) is 0 Å². The Bertz CT molecular complexity index is 768. The number of phosphoric acid groups is 1. The van der Waals surface area contributed by atoms with Crippen molar-refractivity contribution in [2.45, 2.75) is 63.9 Å². The summed E-state index contributed by atoms with van der Waals surface area (Å²) in [4.78, 5) is 17.9. The Morgan fingerprint density at radius 3 is 2.18 bits per heavy atom. The minimum Gasteiger partial charge on any atom is -0.396 e. The number of aliphatic imine (C=N–C) groups is 2. The van der Waals surface area contributed by atoms with Crippen LogP contribution in [0.2, 0.25) is 0 Å². The highest BCUT2D eigenvalue weighted by molar-refractivity contribution is 7.47. The second kappa shape index (κ2) is 21.6. The van der Waals surface area contributed by atoms with Gasteiger partial charge < -0.3 is 53.8 Å². The van der Waals surface area contributed by atoms with Gasteiger partial charge in [0.05, 0.1) is 26.4 Å². The van der Waals surface area contributed by atoms with Gasteiger partial charge in [0.2, 0.25) is 0 Å². The van der Waals surface area contributed by atoms with Crippen molar-refractivity contribution in [3.63, 3.8) is 0 Å². The Balaban J connectivity index is 4.97. The van der Waals surface area contributed by atoms with Crippen LogP contribution in [0.5, 0.6) is 0 Å².